The van der Waals surface area contributed by atoms with Gasteiger partial charge in [-0.05, 0) is 24.3 Å². The smallest absolute Gasteiger partial charge is 0.120 e. The fourth-order valence-electron chi connectivity index (χ4n) is 2.32. The Labute approximate surface area is 158 Å². The van der Waals surface area contributed by atoms with Gasteiger partial charge in [-0.2, -0.15) is 11.8 Å². The van der Waals surface area contributed by atoms with Crippen LogP contribution in [0.1, 0.15) is 32.6 Å². The third-order valence-electron chi connectivity index (χ3n) is 3.65. The Morgan fingerprint density at radius 3 is 2.79 bits per heavy atom. The minimum Gasteiger partial charge on any atom is -0.492 e. The lowest BCUT2D eigenvalue weighted by atomic mass is 10.2. The van der Waals surface area contributed by atoms with E-state index in [2.05, 4.69) is 16.5 Å². The molecule has 1 atom stereocenters. The Balaban J connectivity index is 1.85. The third-order valence-corrected chi connectivity index (χ3v) is 5.67. The highest BCUT2D eigenvalue weighted by Gasteiger charge is 2.12. The lowest BCUT2D eigenvalue weighted by Gasteiger charge is -2.18. The maximum absolute atomic E-state index is 6.05. The van der Waals surface area contributed by atoms with Crippen LogP contribution in [-0.2, 0) is 6.54 Å². The fraction of sp³-hybridized carbons (Fsp3) is 0.500. The van der Waals surface area contributed by atoms with Crippen LogP contribution in [0.3, 0.4) is 0 Å². The van der Waals surface area contributed by atoms with E-state index in [1.54, 1.807) is 12.1 Å². The van der Waals surface area contributed by atoms with Crippen molar-refractivity contribution in [2.24, 2.45) is 0 Å². The molecule has 3 nitrogen and oxygen atoms in total. The summed E-state index contributed by atoms with van der Waals surface area (Å²) in [6.07, 6.45) is 10.8. The summed E-state index contributed by atoms with van der Waals surface area (Å²) in [5, 5.41) is 1.44. The minimum absolute atomic E-state index is 0.371. The first kappa shape index (κ1) is 19.5. The van der Waals surface area contributed by atoms with Gasteiger partial charge in [0.25, 0.3) is 0 Å². The van der Waals surface area contributed by atoms with Gasteiger partial charge >= 0.3 is 0 Å². The molecule has 0 N–H and O–H groups in total. The molecule has 0 saturated carbocycles. The number of imidazole rings is 1. The largest absolute Gasteiger partial charge is 0.492 e. The van der Waals surface area contributed by atoms with Gasteiger partial charge in [0.05, 0.1) is 21.6 Å². The predicted octanol–water partition coefficient (Wildman–Crippen LogP) is 5.95. The van der Waals surface area contributed by atoms with Crippen LogP contribution in [0, 0.1) is 0 Å². The van der Waals surface area contributed by atoms with Gasteiger partial charge in [0.1, 0.15) is 12.4 Å². The minimum atomic E-state index is 0.371. The van der Waals surface area contributed by atoms with E-state index in [4.69, 9.17) is 27.9 Å². The quantitative estimate of drug-likeness (QED) is 0.446. The van der Waals surface area contributed by atoms with Gasteiger partial charge in [-0.1, -0.05) is 49.4 Å². The number of unbranched alkanes of at least 4 members (excludes halogenated alkanes) is 3. The molecule has 1 heterocycles. The van der Waals surface area contributed by atoms with E-state index in [1.165, 1.54) is 25.7 Å². The third kappa shape index (κ3) is 6.96. The van der Waals surface area contributed by atoms with Crippen molar-refractivity contribution in [3.8, 4) is 5.75 Å². The summed E-state index contributed by atoms with van der Waals surface area (Å²) in [5.74, 6) is 1.91. The average Bonchev–Trinajstić information content (AvgIpc) is 3.08. The van der Waals surface area contributed by atoms with Crippen LogP contribution in [0.25, 0.3) is 0 Å². The van der Waals surface area contributed by atoms with Crippen LogP contribution in [0.5, 0.6) is 5.75 Å². The summed E-state index contributed by atoms with van der Waals surface area (Å²) < 4.78 is 8.03. The van der Waals surface area contributed by atoms with E-state index in [0.717, 1.165) is 18.0 Å². The monoisotopic (exact) mass is 386 g/mol. The first-order chi connectivity index (χ1) is 11.7. The SMILES string of the molecule is CCCCCCSC(COc1ccc(Cl)c(Cl)c1)Cn1ccnc1. The number of aromatic nitrogens is 2. The summed E-state index contributed by atoms with van der Waals surface area (Å²) in [7, 11) is 0. The molecule has 0 aliphatic heterocycles. The highest BCUT2D eigenvalue weighted by atomic mass is 35.5. The Hall–Kier alpha value is -0.840. The predicted molar refractivity (Wildman–Crippen MR) is 105 cm³/mol. The molecule has 0 aliphatic carbocycles. The molecule has 1 unspecified atom stereocenters. The van der Waals surface area contributed by atoms with Gasteiger partial charge in [0.15, 0.2) is 0 Å². The maximum atomic E-state index is 6.05. The molecule has 1 aromatic heterocycles. The van der Waals surface area contributed by atoms with Gasteiger partial charge in [-0.3, -0.25) is 0 Å². The van der Waals surface area contributed by atoms with Crippen LogP contribution >= 0.6 is 35.0 Å². The second-order valence-electron chi connectivity index (χ2n) is 5.70. The van der Waals surface area contributed by atoms with E-state index in [9.17, 15) is 0 Å². The number of hydrogen-bond donors (Lipinski definition) is 0. The fourth-order valence-corrected chi connectivity index (χ4v) is 3.75. The summed E-state index contributed by atoms with van der Waals surface area (Å²) in [6, 6.07) is 5.39. The number of nitrogens with zero attached hydrogens (tertiary/aromatic N) is 2. The summed E-state index contributed by atoms with van der Waals surface area (Å²) in [6.45, 7) is 3.76. The number of hydrogen-bond acceptors (Lipinski definition) is 3. The molecule has 1 aromatic carbocycles. The number of benzene rings is 1. The topological polar surface area (TPSA) is 27.1 Å². The van der Waals surface area contributed by atoms with E-state index < -0.39 is 0 Å². The summed E-state index contributed by atoms with van der Waals surface area (Å²) >= 11 is 14.0. The van der Waals surface area contributed by atoms with Gasteiger partial charge < -0.3 is 9.30 Å². The number of ether oxygens (including phenoxy) is 1. The average molecular weight is 387 g/mol. The van der Waals surface area contributed by atoms with Crippen LogP contribution in [0.4, 0.5) is 0 Å². The molecule has 6 heteroatoms. The van der Waals surface area contributed by atoms with Crippen molar-refractivity contribution >= 4 is 35.0 Å². The van der Waals surface area contributed by atoms with Crippen molar-refractivity contribution in [2.45, 2.75) is 44.4 Å². The lowest BCUT2D eigenvalue weighted by Crippen LogP contribution is -2.21. The van der Waals surface area contributed by atoms with E-state index in [1.807, 2.05) is 36.5 Å². The maximum Gasteiger partial charge on any atom is 0.120 e. The van der Waals surface area contributed by atoms with Crippen LogP contribution in [-0.4, -0.2) is 27.2 Å². The van der Waals surface area contributed by atoms with Crippen LogP contribution in [0.15, 0.2) is 36.9 Å². The Kier molecular flexibility index (Phi) is 8.86. The Bertz CT molecular complexity index is 593. The summed E-state index contributed by atoms with van der Waals surface area (Å²) in [4.78, 5) is 4.12. The van der Waals surface area contributed by atoms with Gasteiger partial charge in [-0.25, -0.2) is 4.98 Å². The number of rotatable bonds is 11. The van der Waals surface area contributed by atoms with Crippen molar-refractivity contribution < 1.29 is 4.74 Å². The van der Waals surface area contributed by atoms with Crippen LogP contribution in [0.2, 0.25) is 10.0 Å². The second kappa shape index (κ2) is 10.9. The molecule has 0 aliphatic rings. The first-order valence-corrected chi connectivity index (χ1v) is 10.1. The molecule has 0 spiro atoms. The Morgan fingerprint density at radius 2 is 2.08 bits per heavy atom. The molecule has 24 heavy (non-hydrogen) atoms. The Morgan fingerprint density at radius 1 is 1.21 bits per heavy atom. The number of thioether (sulfide) groups is 1. The molecular weight excluding hydrogens is 363 g/mol. The standard InChI is InChI=1S/C18H24Cl2N2OS/c1-2-3-4-5-10-24-16(12-22-9-8-21-14-22)13-23-15-6-7-17(19)18(20)11-15/h6-9,11,14,16H,2-5,10,12-13H2,1H3. The van der Waals surface area contributed by atoms with Crippen molar-refractivity contribution in [3.63, 3.8) is 0 Å². The molecule has 0 saturated heterocycles. The molecule has 132 valence electrons. The second-order valence-corrected chi connectivity index (χ2v) is 7.92. The molecule has 0 fully saturated rings. The molecule has 0 amide bonds. The van der Waals surface area contributed by atoms with Crippen molar-refractivity contribution in [1.29, 1.82) is 0 Å². The van der Waals surface area contributed by atoms with Crippen molar-refractivity contribution in [2.75, 3.05) is 12.4 Å². The van der Waals surface area contributed by atoms with Gasteiger partial charge in [-0.15, -0.1) is 0 Å². The highest BCUT2D eigenvalue weighted by molar-refractivity contribution is 7.99. The first-order valence-electron chi connectivity index (χ1n) is 8.34. The molecular formula is C18H24Cl2N2OS. The molecule has 0 radical (unpaired) electrons. The zero-order valence-electron chi connectivity index (χ0n) is 14.0. The normalized spacial score (nSPS) is 12.3. The molecule has 0 bridgehead atoms. The summed E-state index contributed by atoms with van der Waals surface area (Å²) in [5.41, 5.74) is 0. The van der Waals surface area contributed by atoms with Gasteiger partial charge in [0, 0.05) is 25.0 Å². The van der Waals surface area contributed by atoms with E-state index >= 15 is 0 Å². The number of halogens is 2. The highest BCUT2D eigenvalue weighted by Crippen LogP contribution is 2.27. The van der Waals surface area contributed by atoms with Crippen molar-refractivity contribution in [3.05, 3.63) is 47.0 Å². The van der Waals surface area contributed by atoms with Crippen LogP contribution < -0.4 is 4.74 Å². The molecule has 2 aromatic rings. The molecule has 2 rings (SSSR count). The van der Waals surface area contributed by atoms with E-state index in [-0.39, 0.29) is 0 Å². The van der Waals surface area contributed by atoms with Gasteiger partial charge in [0.2, 0.25) is 0 Å². The zero-order valence-corrected chi connectivity index (χ0v) is 16.3. The zero-order chi connectivity index (χ0) is 17.2. The lowest BCUT2D eigenvalue weighted by molar-refractivity contribution is 0.308. The van der Waals surface area contributed by atoms with Crippen molar-refractivity contribution in [1.82, 2.24) is 9.55 Å². The van der Waals surface area contributed by atoms with E-state index in [0.29, 0.717) is 21.9 Å².